The number of hydrogen-bond acceptors (Lipinski definition) is 2. The van der Waals surface area contributed by atoms with Crippen molar-refractivity contribution in [1.82, 2.24) is 4.90 Å². The molecule has 90 valence electrons. The first kappa shape index (κ1) is 13.0. The minimum absolute atomic E-state index is 0.797. The third-order valence-corrected chi connectivity index (χ3v) is 2.48. The number of benzene rings is 1. The van der Waals surface area contributed by atoms with Crippen LogP contribution < -0.4 is 4.74 Å². The summed E-state index contributed by atoms with van der Waals surface area (Å²) in [6, 6.07) is 8.46. The van der Waals surface area contributed by atoms with Gasteiger partial charge in [0.1, 0.15) is 5.75 Å². The van der Waals surface area contributed by atoms with Crippen molar-refractivity contribution in [2.75, 3.05) is 27.2 Å². The van der Waals surface area contributed by atoms with E-state index in [4.69, 9.17) is 4.74 Å². The third kappa shape index (κ3) is 5.17. The number of hydrogen-bond donors (Lipinski definition) is 0. The molecule has 0 heterocycles. The lowest BCUT2D eigenvalue weighted by molar-refractivity contribution is 0.281. The standard InChI is InChI=1S/C14H23NO/c1-4-6-13-7-9-14(10-8-13)16-12-5-11-15(2)3/h7-10H,4-6,11-12H2,1-3H3. The molecule has 0 amide bonds. The highest BCUT2D eigenvalue weighted by Gasteiger charge is 1.96. The number of aryl methyl sites for hydroxylation is 1. The largest absolute Gasteiger partial charge is 0.494 e. The summed E-state index contributed by atoms with van der Waals surface area (Å²) >= 11 is 0. The maximum absolute atomic E-state index is 5.66. The van der Waals surface area contributed by atoms with Gasteiger partial charge in [-0.25, -0.2) is 0 Å². The molecule has 2 nitrogen and oxygen atoms in total. The predicted molar refractivity (Wildman–Crippen MR) is 69.1 cm³/mol. The Morgan fingerprint density at radius 2 is 1.81 bits per heavy atom. The highest BCUT2D eigenvalue weighted by Crippen LogP contribution is 2.13. The van der Waals surface area contributed by atoms with Crippen LogP contribution in [-0.4, -0.2) is 32.1 Å². The van der Waals surface area contributed by atoms with Crippen molar-refractivity contribution in [3.05, 3.63) is 29.8 Å². The van der Waals surface area contributed by atoms with Crippen LogP contribution in [0.25, 0.3) is 0 Å². The maximum Gasteiger partial charge on any atom is 0.119 e. The van der Waals surface area contributed by atoms with E-state index >= 15 is 0 Å². The molecule has 16 heavy (non-hydrogen) atoms. The lowest BCUT2D eigenvalue weighted by Crippen LogP contribution is -2.15. The fourth-order valence-electron chi connectivity index (χ4n) is 1.61. The Morgan fingerprint density at radius 1 is 1.12 bits per heavy atom. The summed E-state index contributed by atoms with van der Waals surface area (Å²) < 4.78 is 5.66. The Hall–Kier alpha value is -1.02. The number of ether oxygens (including phenoxy) is 1. The molecule has 0 saturated carbocycles. The zero-order valence-electron chi connectivity index (χ0n) is 10.7. The van der Waals surface area contributed by atoms with Crippen molar-refractivity contribution in [3.63, 3.8) is 0 Å². The molecule has 0 saturated heterocycles. The van der Waals surface area contributed by atoms with Crippen LogP contribution in [0.2, 0.25) is 0 Å². The van der Waals surface area contributed by atoms with Gasteiger partial charge in [0.05, 0.1) is 6.61 Å². The summed E-state index contributed by atoms with van der Waals surface area (Å²) in [5, 5.41) is 0. The first-order valence-corrected chi connectivity index (χ1v) is 6.09. The third-order valence-electron chi connectivity index (χ3n) is 2.48. The SMILES string of the molecule is CCCc1ccc(OCCCN(C)C)cc1. The van der Waals surface area contributed by atoms with Crippen molar-refractivity contribution in [3.8, 4) is 5.75 Å². The second kappa shape index (κ2) is 7.29. The van der Waals surface area contributed by atoms with Gasteiger partial charge in [0.15, 0.2) is 0 Å². The van der Waals surface area contributed by atoms with E-state index < -0.39 is 0 Å². The second-order valence-electron chi connectivity index (χ2n) is 4.40. The predicted octanol–water partition coefficient (Wildman–Crippen LogP) is 2.97. The molecule has 0 aliphatic heterocycles. The zero-order valence-corrected chi connectivity index (χ0v) is 10.7. The molecule has 0 radical (unpaired) electrons. The molecule has 0 fully saturated rings. The van der Waals surface area contributed by atoms with Gasteiger partial charge in [0.25, 0.3) is 0 Å². The van der Waals surface area contributed by atoms with Crippen molar-refractivity contribution < 1.29 is 4.74 Å². The van der Waals surface area contributed by atoms with Gasteiger partial charge >= 0.3 is 0 Å². The molecule has 0 N–H and O–H groups in total. The van der Waals surface area contributed by atoms with E-state index in [1.54, 1.807) is 0 Å². The van der Waals surface area contributed by atoms with Gasteiger partial charge < -0.3 is 9.64 Å². The molecule has 1 aromatic rings. The molecule has 0 spiro atoms. The smallest absolute Gasteiger partial charge is 0.119 e. The Kier molecular flexibility index (Phi) is 5.94. The van der Waals surface area contributed by atoms with Crippen LogP contribution in [0.4, 0.5) is 0 Å². The molecule has 0 aromatic heterocycles. The maximum atomic E-state index is 5.66. The molecular formula is C14H23NO. The average molecular weight is 221 g/mol. The number of nitrogens with zero attached hydrogens (tertiary/aromatic N) is 1. The first-order chi connectivity index (χ1) is 7.72. The lowest BCUT2D eigenvalue weighted by atomic mass is 10.1. The fraction of sp³-hybridized carbons (Fsp3) is 0.571. The van der Waals surface area contributed by atoms with Crippen LogP contribution in [0.15, 0.2) is 24.3 Å². The molecular weight excluding hydrogens is 198 g/mol. The topological polar surface area (TPSA) is 12.5 Å². The molecule has 1 aromatic carbocycles. The quantitative estimate of drug-likeness (QED) is 0.656. The molecule has 0 aliphatic carbocycles. The van der Waals surface area contributed by atoms with Crippen molar-refractivity contribution in [1.29, 1.82) is 0 Å². The Morgan fingerprint density at radius 3 is 2.38 bits per heavy atom. The minimum Gasteiger partial charge on any atom is -0.494 e. The zero-order chi connectivity index (χ0) is 11.8. The Balaban J connectivity index is 2.26. The Bertz CT molecular complexity index is 279. The van der Waals surface area contributed by atoms with Crippen LogP contribution in [0.1, 0.15) is 25.3 Å². The van der Waals surface area contributed by atoms with Crippen LogP contribution in [-0.2, 0) is 6.42 Å². The van der Waals surface area contributed by atoms with E-state index in [-0.39, 0.29) is 0 Å². The number of rotatable bonds is 7. The normalized spacial score (nSPS) is 10.8. The molecule has 1 rings (SSSR count). The van der Waals surface area contributed by atoms with E-state index in [1.165, 1.54) is 12.0 Å². The minimum atomic E-state index is 0.797. The molecule has 0 unspecified atom stereocenters. The summed E-state index contributed by atoms with van der Waals surface area (Å²) in [4.78, 5) is 2.17. The van der Waals surface area contributed by atoms with Gasteiger partial charge in [0, 0.05) is 6.54 Å². The highest BCUT2D eigenvalue weighted by molar-refractivity contribution is 5.27. The van der Waals surface area contributed by atoms with Crippen molar-refractivity contribution >= 4 is 0 Å². The highest BCUT2D eigenvalue weighted by atomic mass is 16.5. The first-order valence-electron chi connectivity index (χ1n) is 6.09. The fourth-order valence-corrected chi connectivity index (χ4v) is 1.61. The van der Waals surface area contributed by atoms with Crippen molar-refractivity contribution in [2.24, 2.45) is 0 Å². The molecule has 0 atom stereocenters. The summed E-state index contributed by atoms with van der Waals surface area (Å²) in [6.45, 7) is 4.07. The molecule has 0 aliphatic rings. The van der Waals surface area contributed by atoms with Crippen LogP contribution >= 0.6 is 0 Å². The van der Waals surface area contributed by atoms with Crippen molar-refractivity contribution in [2.45, 2.75) is 26.2 Å². The lowest BCUT2D eigenvalue weighted by Gasteiger charge is -2.10. The van der Waals surface area contributed by atoms with E-state index in [2.05, 4.69) is 50.2 Å². The van der Waals surface area contributed by atoms with E-state index in [0.717, 1.165) is 31.7 Å². The van der Waals surface area contributed by atoms with Gasteiger partial charge in [-0.3, -0.25) is 0 Å². The van der Waals surface area contributed by atoms with E-state index in [1.807, 2.05) is 0 Å². The van der Waals surface area contributed by atoms with Crippen LogP contribution in [0.5, 0.6) is 5.75 Å². The van der Waals surface area contributed by atoms with Gasteiger partial charge in [0.2, 0.25) is 0 Å². The van der Waals surface area contributed by atoms with Gasteiger partial charge in [-0.2, -0.15) is 0 Å². The van der Waals surface area contributed by atoms with Crippen LogP contribution in [0.3, 0.4) is 0 Å². The average Bonchev–Trinajstić information content (AvgIpc) is 2.27. The van der Waals surface area contributed by atoms with Gasteiger partial charge in [-0.15, -0.1) is 0 Å². The summed E-state index contributed by atoms with van der Waals surface area (Å²) in [7, 11) is 4.17. The van der Waals surface area contributed by atoms with Gasteiger partial charge in [-0.05, 0) is 44.6 Å². The summed E-state index contributed by atoms with van der Waals surface area (Å²) in [5.41, 5.74) is 1.39. The monoisotopic (exact) mass is 221 g/mol. The summed E-state index contributed by atoms with van der Waals surface area (Å²) in [5.74, 6) is 0.985. The van der Waals surface area contributed by atoms with Crippen LogP contribution in [0, 0.1) is 0 Å². The second-order valence-corrected chi connectivity index (χ2v) is 4.40. The van der Waals surface area contributed by atoms with Gasteiger partial charge in [-0.1, -0.05) is 25.5 Å². The van der Waals surface area contributed by atoms with E-state index in [9.17, 15) is 0 Å². The summed E-state index contributed by atoms with van der Waals surface area (Å²) in [6.07, 6.45) is 3.42. The molecule has 0 bridgehead atoms. The molecule has 2 heteroatoms. The van der Waals surface area contributed by atoms with E-state index in [0.29, 0.717) is 0 Å². The Labute approximate surface area is 99.2 Å².